The van der Waals surface area contributed by atoms with Crippen LogP contribution in [-0.2, 0) is 7.05 Å². The second-order valence-electron chi connectivity index (χ2n) is 5.03. The summed E-state index contributed by atoms with van der Waals surface area (Å²) >= 11 is 0. The lowest BCUT2D eigenvalue weighted by Crippen LogP contribution is -2.42. The number of hydrogen-bond acceptors (Lipinski definition) is 3. The molecule has 16 heavy (non-hydrogen) atoms. The van der Waals surface area contributed by atoms with Crippen molar-refractivity contribution in [1.82, 2.24) is 9.78 Å². The average Bonchev–Trinajstić information content (AvgIpc) is 2.40. The highest BCUT2D eigenvalue weighted by Crippen LogP contribution is 2.50. The van der Waals surface area contributed by atoms with Crippen LogP contribution >= 0.6 is 0 Å². The number of rotatable bonds is 3. The van der Waals surface area contributed by atoms with Gasteiger partial charge >= 0.3 is 0 Å². The van der Waals surface area contributed by atoms with E-state index in [9.17, 15) is 5.11 Å². The van der Waals surface area contributed by atoms with Crippen molar-refractivity contribution < 1.29 is 5.11 Å². The molecular formula is C12H21N3O. The van der Waals surface area contributed by atoms with Crippen LogP contribution in [-0.4, -0.2) is 21.4 Å². The van der Waals surface area contributed by atoms with Gasteiger partial charge in [0, 0.05) is 30.3 Å². The molecule has 4 heteroatoms. The van der Waals surface area contributed by atoms with Crippen LogP contribution in [0.3, 0.4) is 0 Å². The summed E-state index contributed by atoms with van der Waals surface area (Å²) < 4.78 is 1.83. The summed E-state index contributed by atoms with van der Waals surface area (Å²) in [6, 6.07) is 0. The van der Waals surface area contributed by atoms with Crippen molar-refractivity contribution >= 4 is 0 Å². The summed E-state index contributed by atoms with van der Waals surface area (Å²) in [6.07, 6.45) is 2.77. The van der Waals surface area contributed by atoms with Crippen molar-refractivity contribution in [2.24, 2.45) is 18.2 Å². The predicted octanol–water partition coefficient (Wildman–Crippen LogP) is 1.20. The van der Waals surface area contributed by atoms with Crippen LogP contribution in [0.1, 0.15) is 42.3 Å². The molecule has 1 atom stereocenters. The molecule has 1 fully saturated rings. The van der Waals surface area contributed by atoms with E-state index in [2.05, 4.69) is 5.10 Å². The second-order valence-corrected chi connectivity index (χ2v) is 5.03. The van der Waals surface area contributed by atoms with Gasteiger partial charge in [0.05, 0.1) is 11.8 Å². The van der Waals surface area contributed by atoms with E-state index in [0.717, 1.165) is 29.8 Å². The number of aryl methyl sites for hydroxylation is 2. The van der Waals surface area contributed by atoms with Crippen LogP contribution in [0.4, 0.5) is 0 Å². The average molecular weight is 223 g/mol. The van der Waals surface area contributed by atoms with Crippen LogP contribution < -0.4 is 5.73 Å². The van der Waals surface area contributed by atoms with Gasteiger partial charge in [0.25, 0.3) is 0 Å². The molecule has 1 aromatic rings. The Morgan fingerprint density at radius 1 is 1.50 bits per heavy atom. The summed E-state index contributed by atoms with van der Waals surface area (Å²) in [5, 5.41) is 14.9. The molecule has 1 aliphatic carbocycles. The lowest BCUT2D eigenvalue weighted by atomic mass is 9.63. The Labute approximate surface area is 96.5 Å². The molecule has 1 saturated carbocycles. The Balaban J connectivity index is 2.36. The van der Waals surface area contributed by atoms with Crippen LogP contribution in [0.25, 0.3) is 0 Å². The van der Waals surface area contributed by atoms with Gasteiger partial charge in [-0.25, -0.2) is 0 Å². The summed E-state index contributed by atoms with van der Waals surface area (Å²) in [5.41, 5.74) is 8.68. The van der Waals surface area contributed by atoms with Gasteiger partial charge in [-0.2, -0.15) is 5.10 Å². The van der Waals surface area contributed by atoms with Gasteiger partial charge in [0.1, 0.15) is 0 Å². The number of nitrogens with two attached hydrogens (primary N) is 1. The van der Waals surface area contributed by atoms with Crippen molar-refractivity contribution in [3.8, 4) is 0 Å². The minimum atomic E-state index is -0.458. The van der Waals surface area contributed by atoms with Gasteiger partial charge in [-0.1, -0.05) is 6.42 Å². The van der Waals surface area contributed by atoms with Gasteiger partial charge in [0.15, 0.2) is 0 Å². The molecule has 1 heterocycles. The number of hydrogen-bond donors (Lipinski definition) is 2. The summed E-state index contributed by atoms with van der Waals surface area (Å²) in [6.45, 7) is 4.51. The lowest BCUT2D eigenvalue weighted by Gasteiger charge is -2.44. The van der Waals surface area contributed by atoms with E-state index in [-0.39, 0.29) is 5.41 Å². The fraction of sp³-hybridized carbons (Fsp3) is 0.750. The van der Waals surface area contributed by atoms with Crippen LogP contribution in [0.15, 0.2) is 0 Å². The van der Waals surface area contributed by atoms with E-state index in [1.165, 1.54) is 6.42 Å². The monoisotopic (exact) mass is 223 g/mol. The van der Waals surface area contributed by atoms with E-state index >= 15 is 0 Å². The van der Waals surface area contributed by atoms with Crippen molar-refractivity contribution in [3.05, 3.63) is 17.0 Å². The smallest absolute Gasteiger partial charge is 0.0894 e. The minimum absolute atomic E-state index is 0.0987. The van der Waals surface area contributed by atoms with E-state index < -0.39 is 6.10 Å². The van der Waals surface area contributed by atoms with Crippen molar-refractivity contribution in [1.29, 1.82) is 0 Å². The second kappa shape index (κ2) is 3.86. The molecule has 0 bridgehead atoms. The molecule has 0 radical (unpaired) electrons. The number of nitrogens with zero attached hydrogens (tertiary/aromatic N) is 2. The molecule has 90 valence electrons. The zero-order chi connectivity index (χ0) is 11.9. The maximum atomic E-state index is 10.5. The topological polar surface area (TPSA) is 64.1 Å². The molecular weight excluding hydrogens is 202 g/mol. The molecule has 0 unspecified atom stereocenters. The highest BCUT2D eigenvalue weighted by atomic mass is 16.3. The fourth-order valence-corrected chi connectivity index (χ4v) is 2.71. The molecule has 0 aromatic carbocycles. The van der Waals surface area contributed by atoms with Crippen LogP contribution in [0.5, 0.6) is 0 Å². The van der Waals surface area contributed by atoms with Crippen molar-refractivity contribution in [2.75, 3.05) is 6.54 Å². The Morgan fingerprint density at radius 3 is 2.44 bits per heavy atom. The minimum Gasteiger partial charge on any atom is -0.388 e. The first-order valence-electron chi connectivity index (χ1n) is 5.90. The predicted molar refractivity (Wildman–Crippen MR) is 63.0 cm³/mol. The normalized spacial score (nSPS) is 20.6. The van der Waals surface area contributed by atoms with Gasteiger partial charge < -0.3 is 10.8 Å². The maximum Gasteiger partial charge on any atom is 0.0894 e. The number of aliphatic hydroxyl groups is 1. The van der Waals surface area contributed by atoms with Gasteiger partial charge in [-0.3, -0.25) is 4.68 Å². The van der Waals surface area contributed by atoms with Crippen molar-refractivity contribution in [2.45, 2.75) is 39.2 Å². The number of aromatic nitrogens is 2. The molecule has 1 aliphatic rings. The molecule has 3 N–H and O–H groups in total. The van der Waals surface area contributed by atoms with Crippen molar-refractivity contribution in [3.63, 3.8) is 0 Å². The summed E-state index contributed by atoms with van der Waals surface area (Å²) in [5.74, 6) is 0. The summed E-state index contributed by atoms with van der Waals surface area (Å²) in [7, 11) is 1.91. The largest absolute Gasteiger partial charge is 0.388 e. The van der Waals surface area contributed by atoms with E-state index in [1.807, 2.05) is 25.6 Å². The third-order valence-electron chi connectivity index (χ3n) is 4.17. The van der Waals surface area contributed by atoms with Crippen LogP contribution in [0, 0.1) is 19.3 Å². The van der Waals surface area contributed by atoms with Gasteiger partial charge in [-0.05, 0) is 26.7 Å². The molecule has 0 spiro atoms. The SMILES string of the molecule is Cc1nn(C)c(C)c1[C@@H](O)C1(CN)CCC1. The third kappa shape index (κ3) is 1.48. The van der Waals surface area contributed by atoms with Gasteiger partial charge in [0.2, 0.25) is 0 Å². The Morgan fingerprint density at radius 2 is 2.12 bits per heavy atom. The zero-order valence-corrected chi connectivity index (χ0v) is 10.3. The Kier molecular flexibility index (Phi) is 2.80. The lowest BCUT2D eigenvalue weighted by molar-refractivity contribution is -0.0304. The highest BCUT2D eigenvalue weighted by Gasteiger charge is 2.44. The Hall–Kier alpha value is -0.870. The molecule has 0 aliphatic heterocycles. The third-order valence-corrected chi connectivity index (χ3v) is 4.17. The standard InChI is InChI=1S/C12H21N3O/c1-8-10(9(2)15(3)14-8)11(16)12(7-13)5-4-6-12/h11,16H,4-7,13H2,1-3H3/t11-/m1/s1. The first-order valence-corrected chi connectivity index (χ1v) is 5.90. The van der Waals surface area contributed by atoms with E-state index in [0.29, 0.717) is 6.54 Å². The molecule has 0 amide bonds. The zero-order valence-electron chi connectivity index (χ0n) is 10.3. The van der Waals surface area contributed by atoms with Gasteiger partial charge in [-0.15, -0.1) is 0 Å². The quantitative estimate of drug-likeness (QED) is 0.809. The fourth-order valence-electron chi connectivity index (χ4n) is 2.71. The molecule has 4 nitrogen and oxygen atoms in total. The van der Waals surface area contributed by atoms with Crippen LogP contribution in [0.2, 0.25) is 0 Å². The summed E-state index contributed by atoms with van der Waals surface area (Å²) in [4.78, 5) is 0. The first-order chi connectivity index (χ1) is 7.52. The van der Waals surface area contributed by atoms with E-state index in [1.54, 1.807) is 0 Å². The van der Waals surface area contributed by atoms with E-state index in [4.69, 9.17) is 5.73 Å². The number of aliphatic hydroxyl groups excluding tert-OH is 1. The molecule has 1 aromatic heterocycles. The Bertz CT molecular complexity index is 388. The first kappa shape index (κ1) is 11.6. The molecule has 2 rings (SSSR count). The highest BCUT2D eigenvalue weighted by molar-refractivity contribution is 5.29. The molecule has 0 saturated heterocycles. The maximum absolute atomic E-state index is 10.5.